The van der Waals surface area contributed by atoms with Crippen molar-refractivity contribution < 1.29 is 19.4 Å². The van der Waals surface area contributed by atoms with Crippen LogP contribution in [0.25, 0.3) is 38.4 Å². The van der Waals surface area contributed by atoms with Gasteiger partial charge >= 0.3 is 5.97 Å². The third kappa shape index (κ3) is 5.72. The maximum atomic E-state index is 13.0. The SMILES string of the molecule is Cc1cc2c(C)c(C3=CNC(N4CCN(C)CC4)=NC3)ccc2c(-c2ccc3c4c(ccnc24)CCO3)c1C(OC(C)(C)C)C(=O)O. The van der Waals surface area contributed by atoms with Crippen LogP contribution in [0, 0.1) is 13.8 Å². The number of hydrogen-bond acceptors (Lipinski definition) is 8. The zero-order chi connectivity index (χ0) is 33.0. The van der Waals surface area contributed by atoms with Gasteiger partial charge in [0.2, 0.25) is 0 Å². The molecule has 0 amide bonds. The van der Waals surface area contributed by atoms with Gasteiger partial charge in [-0.05, 0) is 104 Å². The fourth-order valence-electron chi connectivity index (χ4n) is 7.21. The average molecular weight is 634 g/mol. The van der Waals surface area contributed by atoms with Gasteiger partial charge in [-0.3, -0.25) is 4.98 Å². The quantitative estimate of drug-likeness (QED) is 0.272. The van der Waals surface area contributed by atoms with Crippen molar-refractivity contribution in [3.05, 3.63) is 76.6 Å². The van der Waals surface area contributed by atoms with Crippen LogP contribution in [0.4, 0.5) is 0 Å². The van der Waals surface area contributed by atoms with E-state index in [1.807, 2.05) is 46.0 Å². The van der Waals surface area contributed by atoms with Crippen LogP contribution >= 0.6 is 0 Å². The number of fused-ring (bicyclic) bond motifs is 1. The van der Waals surface area contributed by atoms with Gasteiger partial charge in [-0.15, -0.1) is 0 Å². The molecule has 244 valence electrons. The second kappa shape index (κ2) is 12.0. The number of aryl methyl sites for hydroxylation is 2. The maximum absolute atomic E-state index is 13.0. The summed E-state index contributed by atoms with van der Waals surface area (Å²) in [5, 5.41) is 17.1. The van der Waals surface area contributed by atoms with Gasteiger partial charge < -0.3 is 29.7 Å². The van der Waals surface area contributed by atoms with E-state index in [-0.39, 0.29) is 0 Å². The number of benzene rings is 3. The second-order valence-corrected chi connectivity index (χ2v) is 13.9. The summed E-state index contributed by atoms with van der Waals surface area (Å²) in [6.45, 7) is 15.0. The summed E-state index contributed by atoms with van der Waals surface area (Å²) in [4.78, 5) is 27.4. The molecular formula is C38H43N5O4. The molecular weight excluding hydrogens is 590 g/mol. The first-order valence-electron chi connectivity index (χ1n) is 16.5. The van der Waals surface area contributed by atoms with E-state index in [1.165, 1.54) is 5.56 Å². The van der Waals surface area contributed by atoms with Crippen LogP contribution in [-0.4, -0.2) is 83.8 Å². The number of rotatable bonds is 5. The summed E-state index contributed by atoms with van der Waals surface area (Å²) < 4.78 is 12.3. The fourth-order valence-corrected chi connectivity index (χ4v) is 7.21. The molecule has 4 heterocycles. The standard InChI is InChI=1S/C38H43N5O4/c1-22-19-29-23(2)26(25-20-40-37(41-21-25)43-16-14-42(6)15-17-43)7-8-27(29)33(31(22)35(36(44)45)47-38(3,4)5)28-9-10-30-32-24(12-18-46-30)11-13-39-34(28)32/h7-11,13,19-20,35H,12,14-18,21H2,1-6H3,(H,40,41)(H,44,45). The molecule has 1 unspecified atom stereocenters. The molecule has 3 aliphatic heterocycles. The molecule has 1 aromatic heterocycles. The number of aliphatic carboxylic acids is 1. The number of piperazine rings is 1. The van der Waals surface area contributed by atoms with E-state index in [1.54, 1.807) is 0 Å². The Hall–Kier alpha value is -4.47. The van der Waals surface area contributed by atoms with Crippen LogP contribution in [0.1, 0.15) is 54.7 Å². The van der Waals surface area contributed by atoms with Gasteiger partial charge in [-0.25, -0.2) is 9.79 Å². The number of aromatic nitrogens is 1. The highest BCUT2D eigenvalue weighted by Crippen LogP contribution is 2.46. The minimum Gasteiger partial charge on any atom is -0.493 e. The van der Waals surface area contributed by atoms with Crippen LogP contribution in [0.15, 0.2) is 53.8 Å². The molecule has 47 heavy (non-hydrogen) atoms. The third-order valence-corrected chi connectivity index (χ3v) is 9.56. The zero-order valence-electron chi connectivity index (χ0n) is 28.1. The van der Waals surface area contributed by atoms with E-state index in [0.717, 1.165) is 99.4 Å². The minimum absolute atomic E-state index is 0.588. The average Bonchev–Trinajstić information content (AvgIpc) is 3.04. The first kappa shape index (κ1) is 31.1. The van der Waals surface area contributed by atoms with Crippen LogP contribution in [0.2, 0.25) is 0 Å². The van der Waals surface area contributed by atoms with Gasteiger partial charge in [0.05, 0.1) is 24.3 Å². The van der Waals surface area contributed by atoms with E-state index in [4.69, 9.17) is 19.5 Å². The van der Waals surface area contributed by atoms with Crippen LogP contribution in [0.3, 0.4) is 0 Å². The lowest BCUT2D eigenvalue weighted by Gasteiger charge is -2.35. The molecule has 4 aromatic rings. The summed E-state index contributed by atoms with van der Waals surface area (Å²) in [6, 6.07) is 12.5. The number of aliphatic imine (C=N–C) groups is 1. The van der Waals surface area contributed by atoms with E-state index in [0.29, 0.717) is 18.7 Å². The summed E-state index contributed by atoms with van der Waals surface area (Å²) >= 11 is 0. The first-order valence-corrected chi connectivity index (χ1v) is 16.5. The van der Waals surface area contributed by atoms with Crippen molar-refractivity contribution in [3.8, 4) is 16.9 Å². The Morgan fingerprint density at radius 2 is 1.81 bits per heavy atom. The van der Waals surface area contributed by atoms with E-state index in [2.05, 4.69) is 59.6 Å². The number of carboxylic acids is 1. The highest BCUT2D eigenvalue weighted by Gasteiger charge is 2.33. The predicted molar refractivity (Wildman–Crippen MR) is 187 cm³/mol. The summed E-state index contributed by atoms with van der Waals surface area (Å²) in [5.41, 5.74) is 7.86. The molecule has 9 heteroatoms. The summed E-state index contributed by atoms with van der Waals surface area (Å²) in [6.07, 6.45) is 3.55. The van der Waals surface area contributed by atoms with Gasteiger partial charge in [-0.2, -0.15) is 0 Å². The molecule has 0 bridgehead atoms. The number of hydrogen-bond donors (Lipinski definition) is 2. The lowest BCUT2D eigenvalue weighted by Crippen LogP contribution is -2.51. The molecule has 0 saturated carbocycles. The maximum Gasteiger partial charge on any atom is 0.337 e. The van der Waals surface area contributed by atoms with Crippen LogP contribution in [0.5, 0.6) is 5.75 Å². The Labute approximate surface area is 275 Å². The molecule has 7 rings (SSSR count). The molecule has 1 fully saturated rings. The van der Waals surface area contributed by atoms with E-state index in [9.17, 15) is 9.90 Å². The Bertz CT molecular complexity index is 1960. The fraction of sp³-hybridized carbons (Fsp3) is 0.395. The Balaban J connectivity index is 1.40. The zero-order valence-corrected chi connectivity index (χ0v) is 28.1. The van der Waals surface area contributed by atoms with E-state index < -0.39 is 17.7 Å². The summed E-state index contributed by atoms with van der Waals surface area (Å²) in [5.74, 6) is 0.716. The molecule has 3 aliphatic rings. The normalized spacial score (nSPS) is 17.6. The number of likely N-dealkylation sites (N-methyl/N-ethyl adjacent to an activating group) is 1. The molecule has 2 N–H and O–H groups in total. The second-order valence-electron chi connectivity index (χ2n) is 13.9. The van der Waals surface area contributed by atoms with Crippen LogP contribution in [-0.2, 0) is 16.0 Å². The van der Waals surface area contributed by atoms with Crippen molar-refractivity contribution in [2.45, 2.75) is 52.7 Å². The highest BCUT2D eigenvalue weighted by atomic mass is 16.5. The Morgan fingerprint density at radius 1 is 1.04 bits per heavy atom. The summed E-state index contributed by atoms with van der Waals surface area (Å²) in [7, 11) is 2.15. The van der Waals surface area contributed by atoms with Crippen molar-refractivity contribution in [1.82, 2.24) is 20.1 Å². The molecule has 0 radical (unpaired) electrons. The third-order valence-electron chi connectivity index (χ3n) is 9.56. The lowest BCUT2D eigenvalue weighted by atomic mass is 9.83. The highest BCUT2D eigenvalue weighted by molar-refractivity contribution is 6.10. The molecule has 0 aliphatic carbocycles. The van der Waals surface area contributed by atoms with Gasteiger partial charge in [0.25, 0.3) is 0 Å². The number of pyridine rings is 1. The number of ether oxygens (including phenoxy) is 2. The minimum atomic E-state index is -1.18. The number of carboxylic acid groups (broad SMARTS) is 1. The van der Waals surface area contributed by atoms with Crippen molar-refractivity contribution in [2.75, 3.05) is 46.4 Å². The molecule has 9 nitrogen and oxygen atoms in total. The van der Waals surface area contributed by atoms with Gasteiger partial charge in [-0.1, -0.05) is 18.2 Å². The smallest absolute Gasteiger partial charge is 0.337 e. The molecule has 1 atom stereocenters. The van der Waals surface area contributed by atoms with Crippen LogP contribution < -0.4 is 10.1 Å². The number of carbonyl (C=O) groups is 1. The lowest BCUT2D eigenvalue weighted by molar-refractivity contribution is -0.160. The number of nitrogens with zero attached hydrogens (tertiary/aromatic N) is 4. The van der Waals surface area contributed by atoms with Crippen molar-refractivity contribution in [3.63, 3.8) is 0 Å². The topological polar surface area (TPSA) is 99.5 Å². The predicted octanol–water partition coefficient (Wildman–Crippen LogP) is 6.10. The van der Waals surface area contributed by atoms with Gasteiger partial charge in [0, 0.05) is 61.5 Å². The molecule has 1 saturated heterocycles. The van der Waals surface area contributed by atoms with Crippen molar-refractivity contribution in [2.24, 2.45) is 4.99 Å². The van der Waals surface area contributed by atoms with Crippen molar-refractivity contribution >= 4 is 39.2 Å². The first-order chi connectivity index (χ1) is 22.5. The molecule has 3 aromatic carbocycles. The van der Waals surface area contributed by atoms with Crippen molar-refractivity contribution in [1.29, 1.82) is 0 Å². The largest absolute Gasteiger partial charge is 0.493 e. The molecule has 0 spiro atoms. The monoisotopic (exact) mass is 633 g/mol. The van der Waals surface area contributed by atoms with Gasteiger partial charge in [0.1, 0.15) is 5.75 Å². The van der Waals surface area contributed by atoms with E-state index >= 15 is 0 Å². The number of nitrogens with one attached hydrogen (secondary N) is 1. The van der Waals surface area contributed by atoms with Gasteiger partial charge in [0.15, 0.2) is 12.1 Å². The number of guanidine groups is 1. The Kier molecular flexibility index (Phi) is 7.92. The Morgan fingerprint density at radius 3 is 2.51 bits per heavy atom.